The molecule has 1 fully saturated rings. The zero-order valence-corrected chi connectivity index (χ0v) is 11.9. The summed E-state index contributed by atoms with van der Waals surface area (Å²) in [5, 5.41) is 2.89. The van der Waals surface area contributed by atoms with Crippen molar-refractivity contribution in [2.24, 2.45) is 11.7 Å². The topological polar surface area (TPSA) is 64.3 Å². The number of ether oxygens (including phenoxy) is 1. The average molecular weight is 256 g/mol. The summed E-state index contributed by atoms with van der Waals surface area (Å²) in [5.41, 5.74) is 5.51. The van der Waals surface area contributed by atoms with E-state index in [1.807, 2.05) is 13.8 Å². The first-order valence-electron chi connectivity index (χ1n) is 7.22. The van der Waals surface area contributed by atoms with E-state index in [1.54, 1.807) is 0 Å². The lowest BCUT2D eigenvalue weighted by Gasteiger charge is -2.30. The number of nitrogens with two attached hydrogens (primary N) is 1. The maximum absolute atomic E-state index is 12.0. The molecule has 1 aliphatic carbocycles. The molecule has 4 heteroatoms. The smallest absolute Gasteiger partial charge is 0.249 e. The molecule has 4 nitrogen and oxygen atoms in total. The second-order valence-corrected chi connectivity index (χ2v) is 5.57. The van der Waals surface area contributed by atoms with Gasteiger partial charge in [0.15, 0.2) is 0 Å². The molecule has 0 radical (unpaired) electrons. The van der Waals surface area contributed by atoms with Crippen LogP contribution >= 0.6 is 0 Å². The van der Waals surface area contributed by atoms with Crippen LogP contribution in [0.1, 0.15) is 52.9 Å². The standard InChI is InChI=1S/C14H28N2O2/c1-4-13(14(17)16-11(3)9-15)18-12-7-5-6-10(2)8-12/h10-13H,4-9,15H2,1-3H3,(H,16,17)/t10?,11-,12?,13?/m0/s1. The highest BCUT2D eigenvalue weighted by Crippen LogP contribution is 2.26. The average Bonchev–Trinajstić information content (AvgIpc) is 2.35. The first-order chi connectivity index (χ1) is 8.56. The van der Waals surface area contributed by atoms with Crippen molar-refractivity contribution in [3.8, 4) is 0 Å². The van der Waals surface area contributed by atoms with E-state index in [9.17, 15) is 4.79 Å². The van der Waals surface area contributed by atoms with Gasteiger partial charge >= 0.3 is 0 Å². The number of rotatable bonds is 6. The van der Waals surface area contributed by atoms with Crippen LogP contribution in [0, 0.1) is 5.92 Å². The molecule has 3 unspecified atom stereocenters. The van der Waals surface area contributed by atoms with Gasteiger partial charge in [-0.15, -0.1) is 0 Å². The summed E-state index contributed by atoms with van der Waals surface area (Å²) in [6.45, 7) is 6.62. The summed E-state index contributed by atoms with van der Waals surface area (Å²) in [6.07, 6.45) is 5.30. The lowest BCUT2D eigenvalue weighted by atomic mass is 9.88. The quantitative estimate of drug-likeness (QED) is 0.762. The predicted octanol–water partition coefficient (Wildman–Crippen LogP) is 1.82. The van der Waals surface area contributed by atoms with Crippen LogP contribution in [0.4, 0.5) is 0 Å². The minimum absolute atomic E-state index is 0.0143. The largest absolute Gasteiger partial charge is 0.365 e. The van der Waals surface area contributed by atoms with Gasteiger partial charge in [-0.05, 0) is 32.1 Å². The fraction of sp³-hybridized carbons (Fsp3) is 0.929. The number of hydrogen-bond acceptors (Lipinski definition) is 3. The Morgan fingerprint density at radius 3 is 2.78 bits per heavy atom. The Morgan fingerprint density at radius 2 is 2.22 bits per heavy atom. The Morgan fingerprint density at radius 1 is 1.50 bits per heavy atom. The Kier molecular flexibility index (Phi) is 6.65. The highest BCUT2D eigenvalue weighted by molar-refractivity contribution is 5.81. The highest BCUT2D eigenvalue weighted by Gasteiger charge is 2.26. The van der Waals surface area contributed by atoms with Gasteiger partial charge in [0.25, 0.3) is 0 Å². The summed E-state index contributed by atoms with van der Waals surface area (Å²) in [7, 11) is 0. The number of hydrogen-bond donors (Lipinski definition) is 2. The minimum Gasteiger partial charge on any atom is -0.365 e. The molecule has 0 spiro atoms. The van der Waals surface area contributed by atoms with Crippen molar-refractivity contribution >= 4 is 5.91 Å². The molecule has 1 saturated carbocycles. The van der Waals surface area contributed by atoms with E-state index in [4.69, 9.17) is 10.5 Å². The summed E-state index contributed by atoms with van der Waals surface area (Å²) in [5.74, 6) is 0.695. The molecule has 0 bridgehead atoms. The molecule has 0 aromatic heterocycles. The van der Waals surface area contributed by atoms with Crippen molar-refractivity contribution in [2.75, 3.05) is 6.54 Å². The molecule has 1 rings (SSSR count). The molecular formula is C14H28N2O2. The summed E-state index contributed by atoms with van der Waals surface area (Å²) < 4.78 is 5.97. The monoisotopic (exact) mass is 256 g/mol. The summed E-state index contributed by atoms with van der Waals surface area (Å²) in [4.78, 5) is 12.0. The van der Waals surface area contributed by atoms with E-state index < -0.39 is 0 Å². The Hall–Kier alpha value is -0.610. The van der Waals surface area contributed by atoms with Crippen molar-refractivity contribution in [3.63, 3.8) is 0 Å². The van der Waals surface area contributed by atoms with Gasteiger partial charge in [-0.1, -0.05) is 26.7 Å². The molecule has 0 aromatic rings. The molecule has 18 heavy (non-hydrogen) atoms. The molecular weight excluding hydrogens is 228 g/mol. The zero-order chi connectivity index (χ0) is 13.5. The first kappa shape index (κ1) is 15.4. The summed E-state index contributed by atoms with van der Waals surface area (Å²) in [6, 6.07) is 0.0143. The van der Waals surface area contributed by atoms with Gasteiger partial charge in [0, 0.05) is 12.6 Å². The zero-order valence-electron chi connectivity index (χ0n) is 11.9. The summed E-state index contributed by atoms with van der Waals surface area (Å²) >= 11 is 0. The molecule has 0 saturated heterocycles. The van der Waals surface area contributed by atoms with E-state index in [0.29, 0.717) is 18.9 Å². The van der Waals surface area contributed by atoms with E-state index >= 15 is 0 Å². The van der Waals surface area contributed by atoms with Crippen molar-refractivity contribution in [3.05, 3.63) is 0 Å². The molecule has 0 heterocycles. The van der Waals surface area contributed by atoms with Crippen LogP contribution in [0.5, 0.6) is 0 Å². The second-order valence-electron chi connectivity index (χ2n) is 5.57. The SMILES string of the molecule is CCC(OC1CCCC(C)C1)C(=O)N[C@@H](C)CN. The van der Waals surface area contributed by atoms with Crippen molar-refractivity contribution in [1.82, 2.24) is 5.32 Å². The van der Waals surface area contributed by atoms with Gasteiger partial charge in [0.2, 0.25) is 5.91 Å². The van der Waals surface area contributed by atoms with Gasteiger partial charge in [-0.3, -0.25) is 4.79 Å². The van der Waals surface area contributed by atoms with Crippen LogP contribution in [0.2, 0.25) is 0 Å². The lowest BCUT2D eigenvalue weighted by Crippen LogP contribution is -2.45. The second kappa shape index (κ2) is 7.74. The van der Waals surface area contributed by atoms with Gasteiger partial charge in [-0.25, -0.2) is 0 Å². The number of amides is 1. The van der Waals surface area contributed by atoms with E-state index in [2.05, 4.69) is 12.2 Å². The van der Waals surface area contributed by atoms with E-state index in [1.165, 1.54) is 12.8 Å². The number of nitrogens with one attached hydrogen (secondary N) is 1. The van der Waals surface area contributed by atoms with Crippen LogP contribution in [-0.2, 0) is 9.53 Å². The van der Waals surface area contributed by atoms with Crippen molar-refractivity contribution in [1.29, 1.82) is 0 Å². The minimum atomic E-state index is -0.325. The Balaban J connectivity index is 2.42. The molecule has 1 amide bonds. The first-order valence-corrected chi connectivity index (χ1v) is 7.22. The predicted molar refractivity (Wildman–Crippen MR) is 73.2 cm³/mol. The fourth-order valence-corrected chi connectivity index (χ4v) is 2.47. The third kappa shape index (κ3) is 4.94. The third-order valence-corrected chi connectivity index (χ3v) is 3.65. The molecule has 0 aromatic carbocycles. The van der Waals surface area contributed by atoms with Crippen LogP contribution in [0.25, 0.3) is 0 Å². The van der Waals surface area contributed by atoms with Crippen molar-refractivity contribution < 1.29 is 9.53 Å². The van der Waals surface area contributed by atoms with Gasteiger partial charge in [-0.2, -0.15) is 0 Å². The fourth-order valence-electron chi connectivity index (χ4n) is 2.47. The highest BCUT2D eigenvalue weighted by atomic mass is 16.5. The van der Waals surface area contributed by atoms with Crippen LogP contribution in [0.15, 0.2) is 0 Å². The van der Waals surface area contributed by atoms with E-state index in [0.717, 1.165) is 12.8 Å². The lowest BCUT2D eigenvalue weighted by molar-refractivity contribution is -0.139. The van der Waals surface area contributed by atoms with E-state index in [-0.39, 0.29) is 24.2 Å². The van der Waals surface area contributed by atoms with Crippen LogP contribution in [0.3, 0.4) is 0 Å². The number of carbonyl (C=O) groups is 1. The maximum Gasteiger partial charge on any atom is 0.249 e. The van der Waals surface area contributed by atoms with Crippen LogP contribution in [-0.4, -0.2) is 30.7 Å². The van der Waals surface area contributed by atoms with Crippen molar-refractivity contribution in [2.45, 2.75) is 71.1 Å². The molecule has 4 atom stereocenters. The molecule has 106 valence electrons. The normalized spacial score (nSPS) is 27.6. The van der Waals surface area contributed by atoms with Crippen LogP contribution < -0.4 is 11.1 Å². The molecule has 3 N–H and O–H groups in total. The third-order valence-electron chi connectivity index (χ3n) is 3.65. The number of carbonyl (C=O) groups excluding carboxylic acids is 1. The van der Waals surface area contributed by atoms with Gasteiger partial charge in [0.05, 0.1) is 6.10 Å². The maximum atomic E-state index is 12.0. The molecule has 0 aliphatic heterocycles. The Labute approximate surface area is 111 Å². The Bertz CT molecular complexity index is 258. The van der Waals surface area contributed by atoms with Gasteiger partial charge in [0.1, 0.15) is 6.10 Å². The molecule has 1 aliphatic rings. The van der Waals surface area contributed by atoms with Gasteiger partial charge < -0.3 is 15.8 Å².